The summed E-state index contributed by atoms with van der Waals surface area (Å²) in [7, 11) is 0.731. The van der Waals surface area contributed by atoms with Crippen LogP contribution in [0, 0.1) is 0 Å². The summed E-state index contributed by atoms with van der Waals surface area (Å²) in [5, 5.41) is 5.05. The minimum Gasteiger partial charge on any atom is -0.497 e. The van der Waals surface area contributed by atoms with Crippen molar-refractivity contribution >= 4 is 26.8 Å². The number of methoxy groups -OCH3 is 3. The highest BCUT2D eigenvalue weighted by atomic mass is 32.2. The predicted octanol–water partition coefficient (Wildman–Crippen LogP) is 3.08. The Morgan fingerprint density at radius 1 is 0.829 bits per heavy atom. The molecule has 3 aromatic carbocycles. The molecule has 0 aliphatic carbocycles. The van der Waals surface area contributed by atoms with Gasteiger partial charge >= 0.3 is 6.03 Å². The number of rotatable bonds is 7. The van der Waals surface area contributed by atoms with E-state index < -0.39 is 10.0 Å². The fourth-order valence-corrected chi connectivity index (χ4v) is 5.65. The summed E-state index contributed by atoms with van der Waals surface area (Å²) in [5.74, 6) is 1.47. The molecule has 0 spiro atoms. The van der Waals surface area contributed by atoms with Crippen molar-refractivity contribution in [3.05, 3.63) is 60.2 Å². The topological polar surface area (TPSA) is 97.4 Å². The molecule has 0 aromatic heterocycles. The van der Waals surface area contributed by atoms with Gasteiger partial charge in [0.2, 0.25) is 10.0 Å². The van der Waals surface area contributed by atoms with Gasteiger partial charge in [-0.1, -0.05) is 18.2 Å². The monoisotopic (exact) mass is 499 g/mol. The fourth-order valence-electron chi connectivity index (χ4n) is 4.06. The molecule has 0 radical (unpaired) electrons. The molecule has 0 bridgehead atoms. The third-order valence-electron chi connectivity index (χ3n) is 6.07. The summed E-state index contributed by atoms with van der Waals surface area (Å²) in [6.45, 7) is 1.33. The van der Waals surface area contributed by atoms with E-state index in [-0.39, 0.29) is 42.9 Å². The lowest BCUT2D eigenvalue weighted by Gasteiger charge is -2.34. The van der Waals surface area contributed by atoms with Gasteiger partial charge in [0.15, 0.2) is 0 Å². The van der Waals surface area contributed by atoms with Gasteiger partial charge in [-0.15, -0.1) is 0 Å². The molecule has 2 amide bonds. The van der Waals surface area contributed by atoms with Crippen molar-refractivity contribution in [1.29, 1.82) is 0 Å². The number of sulfonamides is 1. The number of amides is 2. The summed E-state index contributed by atoms with van der Waals surface area (Å²) >= 11 is 0. The Labute approximate surface area is 205 Å². The number of hydrogen-bond acceptors (Lipinski definition) is 6. The smallest absolute Gasteiger partial charge is 0.317 e. The van der Waals surface area contributed by atoms with Gasteiger partial charge in [-0.2, -0.15) is 4.31 Å². The summed E-state index contributed by atoms with van der Waals surface area (Å²) < 4.78 is 43.5. The van der Waals surface area contributed by atoms with Crippen LogP contribution in [0.2, 0.25) is 0 Å². The van der Waals surface area contributed by atoms with Crippen LogP contribution in [-0.4, -0.2) is 71.2 Å². The number of piperazine rings is 1. The number of nitrogens with zero attached hydrogens (tertiary/aromatic N) is 2. The van der Waals surface area contributed by atoms with Gasteiger partial charge < -0.3 is 24.4 Å². The van der Waals surface area contributed by atoms with Crippen LogP contribution in [0.1, 0.15) is 5.56 Å². The van der Waals surface area contributed by atoms with Gasteiger partial charge in [-0.25, -0.2) is 13.2 Å². The molecule has 0 atom stereocenters. The molecule has 1 aliphatic heterocycles. The van der Waals surface area contributed by atoms with Crippen LogP contribution in [-0.2, 0) is 16.6 Å². The van der Waals surface area contributed by atoms with Crippen LogP contribution in [0.4, 0.5) is 4.79 Å². The van der Waals surface area contributed by atoms with Crippen molar-refractivity contribution < 1.29 is 27.4 Å². The summed E-state index contributed by atoms with van der Waals surface area (Å²) in [6.07, 6.45) is 0. The molecular weight excluding hydrogens is 470 g/mol. The fraction of sp³-hybridized carbons (Fsp3) is 0.320. The number of benzene rings is 3. The molecule has 0 saturated carbocycles. The Kier molecular flexibility index (Phi) is 7.32. The first-order valence-corrected chi connectivity index (χ1v) is 12.6. The van der Waals surface area contributed by atoms with Crippen LogP contribution in [0.5, 0.6) is 17.2 Å². The Balaban J connectivity index is 1.36. The molecule has 3 aromatic rings. The number of carbonyl (C=O) groups is 1. The maximum atomic E-state index is 13.2. The third-order valence-corrected chi connectivity index (χ3v) is 7.99. The maximum Gasteiger partial charge on any atom is 0.317 e. The predicted molar refractivity (Wildman–Crippen MR) is 133 cm³/mol. The first-order valence-electron chi connectivity index (χ1n) is 11.2. The van der Waals surface area contributed by atoms with Crippen molar-refractivity contribution in [2.24, 2.45) is 0 Å². The number of nitrogens with one attached hydrogen (secondary N) is 1. The zero-order valence-corrected chi connectivity index (χ0v) is 20.8. The van der Waals surface area contributed by atoms with Crippen molar-refractivity contribution in [2.75, 3.05) is 47.5 Å². The normalized spacial score (nSPS) is 14.5. The van der Waals surface area contributed by atoms with Crippen molar-refractivity contribution in [3.8, 4) is 17.2 Å². The summed E-state index contributed by atoms with van der Waals surface area (Å²) in [6, 6.07) is 16.3. The average molecular weight is 500 g/mol. The third kappa shape index (κ3) is 5.28. The highest BCUT2D eigenvalue weighted by Gasteiger charge is 2.32. The molecular formula is C25H29N3O6S. The minimum atomic E-state index is -3.81. The van der Waals surface area contributed by atoms with Crippen molar-refractivity contribution in [2.45, 2.75) is 11.4 Å². The number of fused-ring (bicyclic) bond motifs is 1. The Bertz CT molecular complexity index is 1320. The zero-order valence-electron chi connectivity index (χ0n) is 20.0. The molecule has 10 heteroatoms. The summed E-state index contributed by atoms with van der Waals surface area (Å²) in [5.41, 5.74) is 0.974. The largest absolute Gasteiger partial charge is 0.497 e. The van der Waals surface area contributed by atoms with Gasteiger partial charge in [0.1, 0.15) is 22.1 Å². The second-order valence-corrected chi connectivity index (χ2v) is 10.0. The van der Waals surface area contributed by atoms with Gasteiger partial charge in [-0.3, -0.25) is 0 Å². The lowest BCUT2D eigenvalue weighted by molar-refractivity contribution is 0.172. The molecule has 186 valence electrons. The summed E-state index contributed by atoms with van der Waals surface area (Å²) in [4.78, 5) is 14.4. The van der Waals surface area contributed by atoms with E-state index in [4.69, 9.17) is 14.2 Å². The lowest BCUT2D eigenvalue weighted by Crippen LogP contribution is -2.53. The van der Waals surface area contributed by atoms with Gasteiger partial charge in [0.05, 0.1) is 21.3 Å². The molecule has 1 aliphatic rings. The van der Waals surface area contributed by atoms with E-state index in [0.29, 0.717) is 12.3 Å². The van der Waals surface area contributed by atoms with Crippen LogP contribution in [0.3, 0.4) is 0 Å². The molecule has 0 unspecified atom stereocenters. The maximum absolute atomic E-state index is 13.2. The highest BCUT2D eigenvalue weighted by molar-refractivity contribution is 7.89. The van der Waals surface area contributed by atoms with Crippen LogP contribution < -0.4 is 19.5 Å². The van der Waals surface area contributed by atoms with Crippen LogP contribution in [0.15, 0.2) is 59.5 Å². The standard InChI is InChI=1S/C25H29N3O6S/c1-32-21-7-6-19-14-18(4-5-20(19)15-21)17-26-25(29)27-10-12-28(13-11-27)35(30,31)24-16-22(33-2)8-9-23(24)34-3/h4-9,14-16H,10-13,17H2,1-3H3,(H,26,29). The second-order valence-electron chi connectivity index (χ2n) is 8.11. The van der Waals surface area contributed by atoms with E-state index in [2.05, 4.69) is 5.32 Å². The van der Waals surface area contributed by atoms with Gasteiger partial charge in [0, 0.05) is 38.8 Å². The first-order chi connectivity index (χ1) is 16.8. The van der Waals surface area contributed by atoms with E-state index in [1.54, 1.807) is 24.1 Å². The molecule has 1 heterocycles. The van der Waals surface area contributed by atoms with E-state index in [1.807, 2.05) is 36.4 Å². The highest BCUT2D eigenvalue weighted by Crippen LogP contribution is 2.31. The molecule has 4 rings (SSSR count). The van der Waals surface area contributed by atoms with Crippen LogP contribution >= 0.6 is 0 Å². The van der Waals surface area contributed by atoms with Crippen molar-refractivity contribution in [3.63, 3.8) is 0 Å². The second kappa shape index (κ2) is 10.4. The van der Waals surface area contributed by atoms with Crippen molar-refractivity contribution in [1.82, 2.24) is 14.5 Å². The number of hydrogen-bond donors (Lipinski definition) is 1. The number of ether oxygens (including phenoxy) is 3. The Hall–Kier alpha value is -3.50. The SMILES string of the molecule is COc1ccc(OC)c(S(=O)(=O)N2CCN(C(=O)NCc3ccc4cc(OC)ccc4c3)CC2)c1. The average Bonchev–Trinajstić information content (AvgIpc) is 2.90. The Morgan fingerprint density at radius 3 is 2.14 bits per heavy atom. The first kappa shape index (κ1) is 24.6. The molecule has 35 heavy (non-hydrogen) atoms. The van der Waals surface area contributed by atoms with Gasteiger partial charge in [0.25, 0.3) is 0 Å². The lowest BCUT2D eigenvalue weighted by atomic mass is 10.1. The van der Waals surface area contributed by atoms with E-state index in [9.17, 15) is 13.2 Å². The van der Waals surface area contributed by atoms with E-state index in [1.165, 1.54) is 24.6 Å². The number of carbonyl (C=O) groups excluding carboxylic acids is 1. The Morgan fingerprint density at radius 2 is 1.46 bits per heavy atom. The van der Waals surface area contributed by atoms with Gasteiger partial charge in [-0.05, 0) is 46.7 Å². The quantitative estimate of drug-likeness (QED) is 0.537. The minimum absolute atomic E-state index is 0.0474. The molecule has 9 nitrogen and oxygen atoms in total. The number of urea groups is 1. The van der Waals surface area contributed by atoms with E-state index >= 15 is 0 Å². The molecule has 1 N–H and O–H groups in total. The van der Waals surface area contributed by atoms with E-state index in [0.717, 1.165) is 22.1 Å². The zero-order chi connectivity index (χ0) is 25.0. The van der Waals surface area contributed by atoms with Crippen LogP contribution in [0.25, 0.3) is 10.8 Å². The molecule has 1 fully saturated rings. The molecule has 1 saturated heterocycles.